The summed E-state index contributed by atoms with van der Waals surface area (Å²) in [5.74, 6) is 2.16. The molecule has 0 saturated heterocycles. The first kappa shape index (κ1) is 25.5. The highest BCUT2D eigenvalue weighted by Gasteiger charge is 2.15. The van der Waals surface area contributed by atoms with E-state index >= 15 is 0 Å². The summed E-state index contributed by atoms with van der Waals surface area (Å²) in [5.41, 5.74) is 2.51. The number of rotatable bonds is 8. The highest BCUT2D eigenvalue weighted by Crippen LogP contribution is 2.31. The molecule has 0 saturated carbocycles. The van der Waals surface area contributed by atoms with Gasteiger partial charge in [-0.25, -0.2) is 9.97 Å². The second-order valence-electron chi connectivity index (χ2n) is 9.44. The molecule has 1 heterocycles. The number of nitrogens with zero attached hydrogens (tertiary/aromatic N) is 3. The lowest BCUT2D eigenvalue weighted by atomic mass is 10.1. The molecule has 2 N–H and O–H groups in total. The Hall–Kier alpha value is -4.64. The van der Waals surface area contributed by atoms with Gasteiger partial charge in [0, 0.05) is 22.2 Å². The molecule has 4 rings (SSSR count). The highest BCUT2D eigenvalue weighted by atomic mass is 16.5. The van der Waals surface area contributed by atoms with Crippen LogP contribution < -0.4 is 20.1 Å². The van der Waals surface area contributed by atoms with Crippen LogP contribution in [0.15, 0.2) is 66.7 Å². The standard InChI is InChI=1S/C29H29N5O3/c1-5-36-23-13-14-25-24(16-23)28(31-21-11-9-19(17-30)10-12-21)33-27(32-25)20-7-6-8-22(15-20)37-18-26(35)34-29(2,3)4/h6-16H,5,18H2,1-4H3,(H,34,35)(H,31,32,33). The van der Waals surface area contributed by atoms with Crippen molar-refractivity contribution in [2.45, 2.75) is 33.2 Å². The van der Waals surface area contributed by atoms with Gasteiger partial charge >= 0.3 is 0 Å². The molecule has 8 heteroatoms. The fourth-order valence-electron chi connectivity index (χ4n) is 3.68. The van der Waals surface area contributed by atoms with Crippen molar-refractivity contribution in [3.8, 4) is 29.0 Å². The number of benzene rings is 3. The average Bonchev–Trinajstić information content (AvgIpc) is 2.87. The quantitative estimate of drug-likeness (QED) is 0.327. The molecule has 188 valence electrons. The van der Waals surface area contributed by atoms with E-state index in [1.54, 1.807) is 18.2 Å². The maximum Gasteiger partial charge on any atom is 0.258 e. The molecule has 1 amide bonds. The Bertz CT molecular complexity index is 1450. The van der Waals surface area contributed by atoms with Gasteiger partial charge in [0.1, 0.15) is 17.3 Å². The van der Waals surface area contributed by atoms with Gasteiger partial charge in [-0.2, -0.15) is 5.26 Å². The summed E-state index contributed by atoms with van der Waals surface area (Å²) in [7, 11) is 0. The highest BCUT2D eigenvalue weighted by molar-refractivity contribution is 5.93. The van der Waals surface area contributed by atoms with Crippen LogP contribution in [0.3, 0.4) is 0 Å². The molecule has 37 heavy (non-hydrogen) atoms. The van der Waals surface area contributed by atoms with Crippen molar-refractivity contribution in [2.24, 2.45) is 0 Å². The van der Waals surface area contributed by atoms with Gasteiger partial charge in [-0.05, 0) is 82.3 Å². The monoisotopic (exact) mass is 495 g/mol. The Morgan fingerprint density at radius 2 is 1.73 bits per heavy atom. The molecule has 8 nitrogen and oxygen atoms in total. The van der Waals surface area contributed by atoms with Crippen LogP contribution in [0, 0.1) is 11.3 Å². The normalized spacial score (nSPS) is 11.0. The van der Waals surface area contributed by atoms with Crippen LogP contribution >= 0.6 is 0 Å². The number of hydrogen-bond donors (Lipinski definition) is 2. The molecule has 0 aliphatic carbocycles. The zero-order chi connectivity index (χ0) is 26.4. The van der Waals surface area contributed by atoms with Gasteiger partial charge in [0.15, 0.2) is 12.4 Å². The molecule has 0 bridgehead atoms. The molecule has 0 aliphatic rings. The first-order valence-electron chi connectivity index (χ1n) is 12.0. The van der Waals surface area contributed by atoms with E-state index in [4.69, 9.17) is 24.7 Å². The van der Waals surface area contributed by atoms with E-state index < -0.39 is 0 Å². The summed E-state index contributed by atoms with van der Waals surface area (Å²) >= 11 is 0. The lowest BCUT2D eigenvalue weighted by Crippen LogP contribution is -2.43. The van der Waals surface area contributed by atoms with Crippen molar-refractivity contribution in [3.05, 3.63) is 72.3 Å². The molecule has 3 aromatic carbocycles. The number of hydrogen-bond acceptors (Lipinski definition) is 7. The Morgan fingerprint density at radius 1 is 0.973 bits per heavy atom. The van der Waals surface area contributed by atoms with Gasteiger partial charge in [-0.1, -0.05) is 12.1 Å². The van der Waals surface area contributed by atoms with Crippen molar-refractivity contribution < 1.29 is 14.3 Å². The first-order valence-corrected chi connectivity index (χ1v) is 12.0. The zero-order valence-corrected chi connectivity index (χ0v) is 21.3. The van der Waals surface area contributed by atoms with Crippen LogP contribution in [0.2, 0.25) is 0 Å². The maximum absolute atomic E-state index is 12.2. The van der Waals surface area contributed by atoms with Gasteiger partial charge in [0.05, 0.1) is 23.8 Å². The van der Waals surface area contributed by atoms with Crippen molar-refractivity contribution in [2.75, 3.05) is 18.5 Å². The number of anilines is 2. The maximum atomic E-state index is 12.2. The Kier molecular flexibility index (Phi) is 7.54. The number of aromatic nitrogens is 2. The van der Waals surface area contributed by atoms with Crippen molar-refractivity contribution in [1.29, 1.82) is 5.26 Å². The largest absolute Gasteiger partial charge is 0.494 e. The summed E-state index contributed by atoms with van der Waals surface area (Å²) in [6, 6.07) is 22.3. The molecule has 0 spiro atoms. The Labute approximate surface area is 216 Å². The summed E-state index contributed by atoms with van der Waals surface area (Å²) < 4.78 is 11.4. The molecule has 0 radical (unpaired) electrons. The van der Waals surface area contributed by atoms with Crippen molar-refractivity contribution >= 4 is 28.3 Å². The summed E-state index contributed by atoms with van der Waals surface area (Å²) in [6.07, 6.45) is 0. The van der Waals surface area contributed by atoms with E-state index in [0.29, 0.717) is 29.6 Å². The number of fused-ring (bicyclic) bond motifs is 1. The van der Waals surface area contributed by atoms with Gasteiger partial charge in [-0.3, -0.25) is 4.79 Å². The second-order valence-corrected chi connectivity index (χ2v) is 9.44. The van der Waals surface area contributed by atoms with Crippen LogP contribution in [-0.2, 0) is 4.79 Å². The molecule has 0 fully saturated rings. The number of carbonyl (C=O) groups is 1. The smallest absolute Gasteiger partial charge is 0.258 e. The summed E-state index contributed by atoms with van der Waals surface area (Å²) in [5, 5.41) is 16.1. The number of ether oxygens (including phenoxy) is 2. The van der Waals surface area contributed by atoms with Gasteiger partial charge in [-0.15, -0.1) is 0 Å². The summed E-state index contributed by atoms with van der Waals surface area (Å²) in [4.78, 5) is 21.8. The van der Waals surface area contributed by atoms with E-state index in [-0.39, 0.29) is 18.1 Å². The third-order valence-corrected chi connectivity index (χ3v) is 5.23. The topological polar surface area (TPSA) is 109 Å². The number of amides is 1. The van der Waals surface area contributed by atoms with E-state index in [1.807, 2.05) is 76.2 Å². The zero-order valence-electron chi connectivity index (χ0n) is 21.3. The van der Waals surface area contributed by atoms with Crippen LogP contribution in [0.25, 0.3) is 22.3 Å². The van der Waals surface area contributed by atoms with Crippen molar-refractivity contribution in [1.82, 2.24) is 15.3 Å². The minimum absolute atomic E-state index is 0.0923. The fraction of sp³-hybridized carbons (Fsp3) is 0.241. The molecule has 0 aliphatic heterocycles. The fourth-order valence-corrected chi connectivity index (χ4v) is 3.68. The van der Waals surface area contributed by atoms with Gasteiger partial charge in [0.25, 0.3) is 5.91 Å². The Balaban J connectivity index is 1.67. The Morgan fingerprint density at radius 3 is 2.43 bits per heavy atom. The van der Waals surface area contributed by atoms with E-state index in [9.17, 15) is 4.79 Å². The number of nitriles is 1. The van der Waals surface area contributed by atoms with E-state index in [1.165, 1.54) is 0 Å². The predicted molar refractivity (Wildman–Crippen MR) is 144 cm³/mol. The molecular formula is C29H29N5O3. The van der Waals surface area contributed by atoms with Gasteiger partial charge in [0.2, 0.25) is 0 Å². The lowest BCUT2D eigenvalue weighted by Gasteiger charge is -2.20. The van der Waals surface area contributed by atoms with Crippen LogP contribution in [0.4, 0.5) is 11.5 Å². The minimum atomic E-state index is -0.332. The van der Waals surface area contributed by atoms with Crippen LogP contribution in [0.5, 0.6) is 11.5 Å². The molecule has 0 atom stereocenters. The lowest BCUT2D eigenvalue weighted by molar-refractivity contribution is -0.124. The second kappa shape index (κ2) is 11.0. The summed E-state index contributed by atoms with van der Waals surface area (Å²) in [6.45, 7) is 8.15. The molecule has 0 unspecified atom stereocenters. The van der Waals surface area contributed by atoms with E-state index in [0.717, 1.165) is 27.9 Å². The van der Waals surface area contributed by atoms with Gasteiger partial charge < -0.3 is 20.1 Å². The number of carbonyl (C=O) groups excluding carboxylic acids is 1. The average molecular weight is 496 g/mol. The minimum Gasteiger partial charge on any atom is -0.494 e. The van der Waals surface area contributed by atoms with Crippen LogP contribution in [-0.4, -0.2) is 34.6 Å². The first-order chi connectivity index (χ1) is 17.7. The SMILES string of the molecule is CCOc1ccc2nc(-c3cccc(OCC(=O)NC(C)(C)C)c3)nc(Nc3ccc(C#N)cc3)c2c1. The molecular weight excluding hydrogens is 466 g/mol. The van der Waals surface area contributed by atoms with Crippen LogP contribution in [0.1, 0.15) is 33.3 Å². The predicted octanol–water partition coefficient (Wildman–Crippen LogP) is 5.60. The molecule has 1 aromatic heterocycles. The number of nitrogens with one attached hydrogen (secondary N) is 2. The van der Waals surface area contributed by atoms with E-state index in [2.05, 4.69) is 16.7 Å². The molecule has 4 aromatic rings. The van der Waals surface area contributed by atoms with Crippen molar-refractivity contribution in [3.63, 3.8) is 0 Å². The third-order valence-electron chi connectivity index (χ3n) is 5.23. The third kappa shape index (κ3) is 6.73.